The molecule has 3 rings (SSSR count). The van der Waals surface area contributed by atoms with Crippen LogP contribution in [0.4, 0.5) is 0 Å². The van der Waals surface area contributed by atoms with Crippen molar-refractivity contribution < 1.29 is 28.8 Å². The van der Waals surface area contributed by atoms with Crippen LogP contribution >= 0.6 is 0 Å². The first-order chi connectivity index (χ1) is 14.6. The van der Waals surface area contributed by atoms with Crippen LogP contribution in [0.1, 0.15) is 49.5 Å². The molecule has 0 amide bonds. The lowest BCUT2D eigenvalue weighted by Crippen LogP contribution is -2.31. The Labute approximate surface area is 177 Å². The molecular formula is C24H30O6. The second kappa shape index (κ2) is 10.5. The van der Waals surface area contributed by atoms with E-state index in [1.165, 1.54) is 0 Å². The maximum absolute atomic E-state index is 12.2. The molecule has 2 aromatic carbocycles. The van der Waals surface area contributed by atoms with Gasteiger partial charge >= 0.3 is 0 Å². The van der Waals surface area contributed by atoms with Crippen molar-refractivity contribution in [2.24, 2.45) is 0 Å². The van der Waals surface area contributed by atoms with Crippen molar-refractivity contribution in [1.82, 2.24) is 0 Å². The highest BCUT2D eigenvalue weighted by atomic mass is 16.5. The molecule has 2 atom stereocenters. The number of aliphatic hydroxyl groups is 1. The van der Waals surface area contributed by atoms with Crippen molar-refractivity contribution in [1.29, 1.82) is 0 Å². The van der Waals surface area contributed by atoms with E-state index in [0.717, 1.165) is 28.2 Å². The monoisotopic (exact) mass is 414 g/mol. The number of ketones is 1. The van der Waals surface area contributed by atoms with Crippen molar-refractivity contribution >= 4 is 5.78 Å². The molecule has 0 saturated carbocycles. The molecule has 1 heterocycles. The highest BCUT2D eigenvalue weighted by molar-refractivity contribution is 5.80. The smallest absolute Gasteiger partial charge is 0.138 e. The first kappa shape index (κ1) is 22.1. The molecule has 0 spiro atoms. The van der Waals surface area contributed by atoms with Crippen LogP contribution in [0.25, 0.3) is 0 Å². The third-order valence-electron chi connectivity index (χ3n) is 5.12. The van der Waals surface area contributed by atoms with Gasteiger partial charge < -0.3 is 24.1 Å². The quantitative estimate of drug-likeness (QED) is 0.672. The maximum Gasteiger partial charge on any atom is 0.138 e. The Hall–Kier alpha value is -2.57. The Balaban J connectivity index is 1.94. The minimum absolute atomic E-state index is 0.0802. The Morgan fingerprint density at radius 2 is 1.77 bits per heavy atom. The molecule has 0 bridgehead atoms. The highest BCUT2D eigenvalue weighted by Crippen LogP contribution is 2.39. The first-order valence-electron chi connectivity index (χ1n) is 10.4. The van der Waals surface area contributed by atoms with Crippen LogP contribution in [0.2, 0.25) is 0 Å². The lowest BCUT2D eigenvalue weighted by Gasteiger charge is -2.30. The fourth-order valence-corrected chi connectivity index (χ4v) is 3.74. The zero-order valence-electron chi connectivity index (χ0n) is 17.8. The molecule has 1 N–H and O–H groups in total. The third kappa shape index (κ3) is 5.32. The molecule has 1 saturated heterocycles. The van der Waals surface area contributed by atoms with E-state index < -0.39 is 12.2 Å². The van der Waals surface area contributed by atoms with Gasteiger partial charge in [0.1, 0.15) is 23.0 Å². The van der Waals surface area contributed by atoms with Gasteiger partial charge in [-0.25, -0.2) is 0 Å². The SMILES string of the molecule is CCOc1ccc(Cc2cc(C3CC(=O)CC(CO)O3)c(OCC)cc2OC)cc1. The lowest BCUT2D eigenvalue weighted by atomic mass is 9.93. The van der Waals surface area contributed by atoms with Gasteiger partial charge in [-0.05, 0) is 43.2 Å². The number of carbonyl (C=O) groups is 1. The average molecular weight is 414 g/mol. The van der Waals surface area contributed by atoms with Gasteiger partial charge in [-0.15, -0.1) is 0 Å². The summed E-state index contributed by atoms with van der Waals surface area (Å²) in [6.07, 6.45) is 0.230. The van der Waals surface area contributed by atoms with Crippen LogP contribution in [0, 0.1) is 0 Å². The van der Waals surface area contributed by atoms with Gasteiger partial charge in [-0.1, -0.05) is 12.1 Å². The number of carbonyl (C=O) groups excluding carboxylic acids is 1. The van der Waals surface area contributed by atoms with Gasteiger partial charge in [0.2, 0.25) is 0 Å². The summed E-state index contributed by atoms with van der Waals surface area (Å²) in [4.78, 5) is 12.2. The summed E-state index contributed by atoms with van der Waals surface area (Å²) in [6.45, 7) is 4.80. The van der Waals surface area contributed by atoms with Gasteiger partial charge in [0, 0.05) is 30.9 Å². The number of aliphatic hydroxyl groups excluding tert-OH is 1. The summed E-state index contributed by atoms with van der Waals surface area (Å²) in [6, 6.07) is 11.8. The molecule has 6 heteroatoms. The summed E-state index contributed by atoms with van der Waals surface area (Å²) >= 11 is 0. The van der Waals surface area contributed by atoms with Gasteiger partial charge in [0.15, 0.2) is 0 Å². The summed E-state index contributed by atoms with van der Waals surface area (Å²) in [5.74, 6) is 2.28. The molecule has 2 aromatic rings. The second-order valence-corrected chi connectivity index (χ2v) is 7.26. The molecular weight excluding hydrogens is 384 g/mol. The molecule has 0 aromatic heterocycles. The molecule has 1 aliphatic heterocycles. The zero-order valence-corrected chi connectivity index (χ0v) is 17.8. The van der Waals surface area contributed by atoms with Crippen molar-refractivity contribution in [2.75, 3.05) is 26.9 Å². The van der Waals surface area contributed by atoms with E-state index in [9.17, 15) is 9.90 Å². The summed E-state index contributed by atoms with van der Waals surface area (Å²) < 4.78 is 23.0. The van der Waals surface area contributed by atoms with Crippen LogP contribution < -0.4 is 14.2 Å². The number of ether oxygens (including phenoxy) is 4. The number of hydrogen-bond donors (Lipinski definition) is 1. The van der Waals surface area contributed by atoms with Crippen LogP contribution in [-0.4, -0.2) is 43.9 Å². The maximum atomic E-state index is 12.2. The number of benzene rings is 2. The number of methoxy groups -OCH3 is 1. The molecule has 0 radical (unpaired) electrons. The first-order valence-corrected chi connectivity index (χ1v) is 10.4. The van der Waals surface area contributed by atoms with Crippen LogP contribution in [0.3, 0.4) is 0 Å². The predicted molar refractivity (Wildman–Crippen MR) is 114 cm³/mol. The van der Waals surface area contributed by atoms with E-state index in [-0.39, 0.29) is 25.2 Å². The van der Waals surface area contributed by atoms with Gasteiger partial charge in [0.05, 0.1) is 39.1 Å². The molecule has 2 unspecified atom stereocenters. The Bertz CT molecular complexity index is 846. The van der Waals surface area contributed by atoms with E-state index in [4.69, 9.17) is 18.9 Å². The molecule has 6 nitrogen and oxygen atoms in total. The topological polar surface area (TPSA) is 74.2 Å². The van der Waals surface area contributed by atoms with Crippen LogP contribution in [0.15, 0.2) is 36.4 Å². The minimum Gasteiger partial charge on any atom is -0.496 e. The Morgan fingerprint density at radius 3 is 2.40 bits per heavy atom. The number of hydrogen-bond acceptors (Lipinski definition) is 6. The highest BCUT2D eigenvalue weighted by Gasteiger charge is 2.31. The molecule has 0 aliphatic carbocycles. The Morgan fingerprint density at radius 1 is 1.03 bits per heavy atom. The fraction of sp³-hybridized carbons (Fsp3) is 0.458. The molecule has 162 valence electrons. The Kier molecular flexibility index (Phi) is 7.71. The number of rotatable bonds is 9. The van der Waals surface area contributed by atoms with Crippen LogP contribution in [-0.2, 0) is 16.0 Å². The largest absolute Gasteiger partial charge is 0.496 e. The van der Waals surface area contributed by atoms with E-state index in [0.29, 0.717) is 25.4 Å². The molecule has 1 fully saturated rings. The third-order valence-corrected chi connectivity index (χ3v) is 5.12. The second-order valence-electron chi connectivity index (χ2n) is 7.26. The fourth-order valence-electron chi connectivity index (χ4n) is 3.74. The predicted octanol–water partition coefficient (Wildman–Crippen LogP) is 3.86. The van der Waals surface area contributed by atoms with Gasteiger partial charge in [0.25, 0.3) is 0 Å². The molecule has 1 aliphatic rings. The van der Waals surface area contributed by atoms with Crippen molar-refractivity contribution in [3.63, 3.8) is 0 Å². The van der Waals surface area contributed by atoms with Crippen molar-refractivity contribution in [2.45, 2.75) is 45.3 Å². The normalized spacial score (nSPS) is 18.9. The van der Waals surface area contributed by atoms with E-state index in [1.54, 1.807) is 7.11 Å². The number of Topliss-reactive ketones (excluding diaryl/α,β-unsaturated/α-hetero) is 1. The summed E-state index contributed by atoms with van der Waals surface area (Å²) in [7, 11) is 1.63. The lowest BCUT2D eigenvalue weighted by molar-refractivity contribution is -0.139. The summed E-state index contributed by atoms with van der Waals surface area (Å²) in [5.41, 5.74) is 2.90. The van der Waals surface area contributed by atoms with Crippen molar-refractivity contribution in [3.05, 3.63) is 53.1 Å². The zero-order chi connectivity index (χ0) is 21.5. The van der Waals surface area contributed by atoms with Gasteiger partial charge in [-0.2, -0.15) is 0 Å². The average Bonchev–Trinajstić information content (AvgIpc) is 2.75. The van der Waals surface area contributed by atoms with Crippen molar-refractivity contribution in [3.8, 4) is 17.2 Å². The van der Waals surface area contributed by atoms with E-state index in [1.807, 2.05) is 50.2 Å². The van der Waals surface area contributed by atoms with Crippen LogP contribution in [0.5, 0.6) is 17.2 Å². The van der Waals surface area contributed by atoms with Gasteiger partial charge in [-0.3, -0.25) is 4.79 Å². The summed E-state index contributed by atoms with van der Waals surface area (Å²) in [5, 5.41) is 9.50. The molecule has 30 heavy (non-hydrogen) atoms. The van der Waals surface area contributed by atoms with E-state index >= 15 is 0 Å². The standard InChI is InChI=1S/C24H30O6/c1-4-28-19-8-6-16(7-9-19)10-17-11-21(23(29-5-2)14-22(17)27-3)24-13-18(26)12-20(15-25)30-24/h6-9,11,14,20,24-25H,4-5,10,12-13,15H2,1-3H3. The van der Waals surface area contributed by atoms with E-state index in [2.05, 4.69) is 0 Å². The minimum atomic E-state index is -0.484.